The van der Waals surface area contributed by atoms with Crippen molar-refractivity contribution in [3.05, 3.63) is 76.2 Å². The first kappa shape index (κ1) is 20.3. The van der Waals surface area contributed by atoms with Crippen LogP contribution in [0.4, 0.5) is 5.69 Å². The molecule has 0 atom stereocenters. The number of hydrogen-bond donors (Lipinski definition) is 1. The minimum absolute atomic E-state index is 0.299. The minimum atomic E-state index is -0.408. The summed E-state index contributed by atoms with van der Waals surface area (Å²) in [5.74, 6) is -0.408. The van der Waals surface area contributed by atoms with Crippen molar-refractivity contribution in [2.45, 2.75) is 20.3 Å². The van der Waals surface area contributed by atoms with Crippen LogP contribution in [0.1, 0.15) is 34.8 Å². The molecule has 5 nitrogen and oxygen atoms in total. The summed E-state index contributed by atoms with van der Waals surface area (Å²) in [6.07, 6.45) is 2.56. The van der Waals surface area contributed by atoms with Gasteiger partial charge in [0, 0.05) is 17.1 Å². The van der Waals surface area contributed by atoms with E-state index in [1.807, 2.05) is 23.6 Å². The van der Waals surface area contributed by atoms with Crippen LogP contribution in [0.25, 0.3) is 16.8 Å². The van der Waals surface area contributed by atoms with E-state index in [1.165, 1.54) is 16.9 Å². The van der Waals surface area contributed by atoms with Crippen molar-refractivity contribution in [3.63, 3.8) is 0 Å². The number of carbonyl (C=O) groups excluding carboxylic acids is 1. The number of para-hydroxylation sites is 1. The molecule has 3 aromatic rings. The monoisotopic (exact) mass is 403 g/mol. The lowest BCUT2D eigenvalue weighted by Gasteiger charge is -2.08. The number of nitriles is 1. The number of allylic oxidation sites excluding steroid dienone is 1. The summed E-state index contributed by atoms with van der Waals surface area (Å²) in [6, 6.07) is 17.5. The van der Waals surface area contributed by atoms with Gasteiger partial charge in [-0.2, -0.15) is 5.26 Å². The molecular weight excluding hydrogens is 382 g/mol. The average Bonchev–Trinajstić information content (AvgIpc) is 3.25. The number of rotatable bonds is 7. The van der Waals surface area contributed by atoms with Gasteiger partial charge in [0.05, 0.1) is 23.6 Å². The number of thiazole rings is 1. The number of aryl methyl sites for hydroxylation is 1. The summed E-state index contributed by atoms with van der Waals surface area (Å²) in [5, 5.41) is 15.2. The predicted octanol–water partition coefficient (Wildman–Crippen LogP) is 5.53. The Labute approximate surface area is 174 Å². The maximum absolute atomic E-state index is 12.1. The molecule has 146 valence electrons. The second kappa shape index (κ2) is 9.67. The Hall–Kier alpha value is -3.43. The Morgan fingerprint density at radius 1 is 1.21 bits per heavy atom. The first-order valence-electron chi connectivity index (χ1n) is 9.34. The quantitative estimate of drug-likeness (QED) is 0.415. The number of benzene rings is 2. The molecule has 0 unspecified atom stereocenters. The Morgan fingerprint density at radius 3 is 2.66 bits per heavy atom. The molecule has 0 saturated heterocycles. The van der Waals surface area contributed by atoms with E-state index < -0.39 is 5.97 Å². The van der Waals surface area contributed by atoms with Gasteiger partial charge in [-0.15, -0.1) is 11.3 Å². The Morgan fingerprint density at radius 2 is 1.97 bits per heavy atom. The van der Waals surface area contributed by atoms with Crippen molar-refractivity contribution in [2.24, 2.45) is 0 Å². The van der Waals surface area contributed by atoms with Gasteiger partial charge >= 0.3 is 5.97 Å². The number of nitrogens with one attached hydrogen (secondary N) is 1. The Kier molecular flexibility index (Phi) is 6.77. The topological polar surface area (TPSA) is 75.0 Å². The van der Waals surface area contributed by atoms with Crippen LogP contribution < -0.4 is 5.32 Å². The molecule has 0 bridgehead atoms. The standard InChI is InChI=1S/C23H21N3O2S/c1-3-16-9-11-17(12-10-16)21-15-29-22(26-21)18(13-24)14-25-20-8-6-5-7-19(20)23(27)28-4-2/h5-12,14-15,25H,3-4H2,1-2H3. The summed E-state index contributed by atoms with van der Waals surface area (Å²) in [5.41, 5.74) is 4.50. The number of esters is 1. The molecule has 6 heteroatoms. The molecule has 3 rings (SSSR count). The molecule has 1 heterocycles. The zero-order chi connectivity index (χ0) is 20.6. The Balaban J connectivity index is 1.82. The van der Waals surface area contributed by atoms with Gasteiger partial charge in [-0.1, -0.05) is 43.3 Å². The van der Waals surface area contributed by atoms with E-state index in [0.717, 1.165) is 17.7 Å². The van der Waals surface area contributed by atoms with Crippen molar-refractivity contribution in [3.8, 4) is 17.3 Å². The van der Waals surface area contributed by atoms with E-state index in [9.17, 15) is 10.1 Å². The molecule has 0 aliphatic carbocycles. The summed E-state index contributed by atoms with van der Waals surface area (Å²) < 4.78 is 5.08. The van der Waals surface area contributed by atoms with Crippen molar-refractivity contribution in [1.82, 2.24) is 4.98 Å². The summed E-state index contributed by atoms with van der Waals surface area (Å²) in [7, 11) is 0. The molecule has 0 aliphatic rings. The van der Waals surface area contributed by atoms with E-state index in [4.69, 9.17) is 4.74 Å². The molecule has 0 aliphatic heterocycles. The number of ether oxygens (including phenoxy) is 1. The van der Waals surface area contributed by atoms with Crippen LogP contribution >= 0.6 is 11.3 Å². The fourth-order valence-corrected chi connectivity index (χ4v) is 3.52. The fourth-order valence-electron chi connectivity index (χ4n) is 2.73. The van der Waals surface area contributed by atoms with E-state index in [2.05, 4.69) is 35.4 Å². The highest BCUT2D eigenvalue weighted by Crippen LogP contribution is 2.27. The highest BCUT2D eigenvalue weighted by molar-refractivity contribution is 7.11. The molecule has 0 fully saturated rings. The number of aromatic nitrogens is 1. The van der Waals surface area contributed by atoms with E-state index >= 15 is 0 Å². The first-order valence-corrected chi connectivity index (χ1v) is 10.2. The van der Waals surface area contributed by atoms with Gasteiger partial charge in [0.1, 0.15) is 16.6 Å². The van der Waals surface area contributed by atoms with Crippen molar-refractivity contribution < 1.29 is 9.53 Å². The summed E-state index contributed by atoms with van der Waals surface area (Å²) >= 11 is 1.41. The second-order valence-electron chi connectivity index (χ2n) is 6.17. The fraction of sp³-hybridized carbons (Fsp3) is 0.174. The third kappa shape index (κ3) is 4.89. The highest BCUT2D eigenvalue weighted by atomic mass is 32.1. The Bertz CT molecular complexity index is 1060. The van der Waals surface area contributed by atoms with Crippen LogP contribution in [0.3, 0.4) is 0 Å². The number of nitrogens with zero attached hydrogens (tertiary/aromatic N) is 2. The third-order valence-corrected chi connectivity index (χ3v) is 5.18. The van der Waals surface area contributed by atoms with Crippen LogP contribution in [0.5, 0.6) is 0 Å². The van der Waals surface area contributed by atoms with Crippen LogP contribution in [0.2, 0.25) is 0 Å². The van der Waals surface area contributed by atoms with Gasteiger partial charge in [-0.05, 0) is 31.0 Å². The normalized spacial score (nSPS) is 11.0. The van der Waals surface area contributed by atoms with E-state index in [-0.39, 0.29) is 0 Å². The number of carbonyl (C=O) groups is 1. The molecule has 2 aromatic carbocycles. The average molecular weight is 404 g/mol. The highest BCUT2D eigenvalue weighted by Gasteiger charge is 2.13. The second-order valence-corrected chi connectivity index (χ2v) is 7.03. The molecule has 1 aromatic heterocycles. The zero-order valence-corrected chi connectivity index (χ0v) is 17.1. The van der Waals surface area contributed by atoms with Crippen LogP contribution in [-0.2, 0) is 11.2 Å². The van der Waals surface area contributed by atoms with E-state index in [1.54, 1.807) is 31.3 Å². The van der Waals surface area contributed by atoms with Crippen LogP contribution in [0.15, 0.2) is 60.1 Å². The molecule has 1 N–H and O–H groups in total. The van der Waals surface area contributed by atoms with Crippen LogP contribution in [-0.4, -0.2) is 17.6 Å². The van der Waals surface area contributed by atoms with Crippen molar-refractivity contribution in [2.75, 3.05) is 11.9 Å². The van der Waals surface area contributed by atoms with Gasteiger partial charge in [0.2, 0.25) is 0 Å². The van der Waals surface area contributed by atoms with Crippen LogP contribution in [0, 0.1) is 11.3 Å². The van der Waals surface area contributed by atoms with Crippen molar-refractivity contribution >= 4 is 28.6 Å². The molecule has 0 radical (unpaired) electrons. The lowest BCUT2D eigenvalue weighted by molar-refractivity contribution is 0.0527. The SMILES string of the molecule is CCOC(=O)c1ccccc1NC=C(C#N)c1nc(-c2ccc(CC)cc2)cs1. The molecule has 0 spiro atoms. The van der Waals surface area contributed by atoms with Gasteiger partial charge in [-0.3, -0.25) is 0 Å². The van der Waals surface area contributed by atoms with Gasteiger partial charge in [0.25, 0.3) is 0 Å². The smallest absolute Gasteiger partial charge is 0.340 e. The molecule has 0 amide bonds. The largest absolute Gasteiger partial charge is 0.462 e. The van der Waals surface area contributed by atoms with Gasteiger partial charge < -0.3 is 10.1 Å². The lowest BCUT2D eigenvalue weighted by atomic mass is 10.1. The number of hydrogen-bond acceptors (Lipinski definition) is 6. The molecule has 29 heavy (non-hydrogen) atoms. The third-order valence-electron chi connectivity index (χ3n) is 4.31. The van der Waals surface area contributed by atoms with E-state index in [0.29, 0.717) is 28.4 Å². The van der Waals surface area contributed by atoms with Gasteiger partial charge in [-0.25, -0.2) is 9.78 Å². The number of anilines is 1. The maximum atomic E-state index is 12.1. The van der Waals surface area contributed by atoms with Gasteiger partial charge in [0.15, 0.2) is 0 Å². The predicted molar refractivity (Wildman–Crippen MR) is 117 cm³/mol. The zero-order valence-electron chi connectivity index (χ0n) is 16.3. The summed E-state index contributed by atoms with van der Waals surface area (Å²) in [4.78, 5) is 16.7. The maximum Gasteiger partial charge on any atom is 0.340 e. The lowest BCUT2D eigenvalue weighted by Crippen LogP contribution is -2.07. The summed E-state index contributed by atoms with van der Waals surface area (Å²) in [6.45, 7) is 4.18. The minimum Gasteiger partial charge on any atom is -0.462 e. The molecular formula is C23H21N3O2S. The van der Waals surface area contributed by atoms with Crippen molar-refractivity contribution in [1.29, 1.82) is 5.26 Å². The molecule has 0 saturated carbocycles. The first-order chi connectivity index (χ1) is 14.2.